The monoisotopic (exact) mass is 524 g/mol. The standard InChI is InChI=1S/C22H31N5O8P/c1-4-27(5-2,6-3)35-36(31,33-15-10-8-7-9-11-15)34-21-17-20(23-13-24-21)26(14-25-17)22-19(30)18(29)16(12-28)32-22/h7-11,13-14,16,18-19,22,28-30H,4-6,12H2,1-3H3/q+1/t16-,18-,19-,22-,36?/m1/s1. The molecule has 14 heteroatoms. The van der Waals surface area contributed by atoms with Crippen molar-refractivity contribution >= 4 is 19.0 Å². The maximum absolute atomic E-state index is 14.0. The number of hydroxylamine groups is 3. The molecule has 1 aliphatic rings. The maximum Gasteiger partial charge on any atom is 0.637 e. The van der Waals surface area contributed by atoms with Crippen LogP contribution in [-0.2, 0) is 13.9 Å². The second-order valence-corrected chi connectivity index (χ2v) is 9.69. The van der Waals surface area contributed by atoms with E-state index in [2.05, 4.69) is 15.0 Å². The van der Waals surface area contributed by atoms with Crippen molar-refractivity contribution in [1.29, 1.82) is 0 Å². The molecule has 0 bridgehead atoms. The fraction of sp³-hybridized carbons (Fsp3) is 0.500. The molecule has 2 aromatic heterocycles. The minimum atomic E-state index is -4.31. The normalized spacial score (nSPS) is 24.1. The van der Waals surface area contributed by atoms with Crippen molar-refractivity contribution in [3.8, 4) is 11.6 Å². The summed E-state index contributed by atoms with van der Waals surface area (Å²) in [5.41, 5.74) is 0.293. The predicted molar refractivity (Wildman–Crippen MR) is 127 cm³/mol. The van der Waals surface area contributed by atoms with Gasteiger partial charge in [0, 0.05) is 0 Å². The summed E-state index contributed by atoms with van der Waals surface area (Å²) in [6.45, 7) is 6.78. The number of imidazole rings is 1. The Hall–Kier alpha value is -2.64. The van der Waals surface area contributed by atoms with Gasteiger partial charge in [-0.25, -0.2) is 14.5 Å². The molecule has 1 unspecified atom stereocenters. The van der Waals surface area contributed by atoms with Gasteiger partial charge in [-0.3, -0.25) is 4.57 Å². The largest absolute Gasteiger partial charge is 0.637 e. The molecule has 0 saturated carbocycles. The number of fused-ring (bicyclic) bond motifs is 1. The molecule has 1 saturated heterocycles. The van der Waals surface area contributed by atoms with Crippen LogP contribution in [0.2, 0.25) is 0 Å². The average molecular weight is 524 g/mol. The van der Waals surface area contributed by atoms with Gasteiger partial charge in [0.25, 0.3) is 5.88 Å². The van der Waals surface area contributed by atoms with E-state index in [0.29, 0.717) is 19.6 Å². The van der Waals surface area contributed by atoms with Gasteiger partial charge in [0.15, 0.2) is 17.4 Å². The lowest BCUT2D eigenvalue weighted by Gasteiger charge is -2.33. The zero-order chi connectivity index (χ0) is 25.9. The fourth-order valence-electron chi connectivity index (χ4n) is 4.02. The Labute approximate surface area is 208 Å². The predicted octanol–water partition coefficient (Wildman–Crippen LogP) is 1.81. The van der Waals surface area contributed by atoms with E-state index in [1.54, 1.807) is 30.3 Å². The van der Waals surface area contributed by atoms with E-state index in [1.807, 2.05) is 20.8 Å². The lowest BCUT2D eigenvalue weighted by Crippen LogP contribution is -2.47. The molecule has 1 aliphatic heterocycles. The highest BCUT2D eigenvalue weighted by Crippen LogP contribution is 2.52. The minimum absolute atomic E-state index is 0.00925. The number of phosphoric ester groups is 1. The molecular formula is C22H31N5O8P+. The summed E-state index contributed by atoms with van der Waals surface area (Å²) in [7, 11) is -4.31. The number of rotatable bonds is 11. The van der Waals surface area contributed by atoms with Gasteiger partial charge in [-0.2, -0.15) is 9.63 Å². The number of aromatic nitrogens is 4. The molecule has 3 N–H and O–H groups in total. The number of aliphatic hydroxyl groups excluding tert-OH is 3. The van der Waals surface area contributed by atoms with Crippen LogP contribution in [0.1, 0.15) is 27.0 Å². The first kappa shape index (κ1) is 26.4. The molecular weight excluding hydrogens is 493 g/mol. The number of hydrogen-bond acceptors (Lipinski definition) is 11. The molecule has 5 atom stereocenters. The summed E-state index contributed by atoms with van der Waals surface area (Å²) in [5.74, 6) is 0.121. The third-order valence-corrected chi connectivity index (χ3v) is 7.65. The van der Waals surface area contributed by atoms with E-state index < -0.39 is 39.0 Å². The van der Waals surface area contributed by atoms with Gasteiger partial charge in [-0.05, 0) is 32.9 Å². The molecule has 0 radical (unpaired) electrons. The van der Waals surface area contributed by atoms with Crippen molar-refractivity contribution in [2.45, 2.75) is 45.3 Å². The van der Waals surface area contributed by atoms with Crippen LogP contribution in [0.4, 0.5) is 0 Å². The molecule has 1 aromatic carbocycles. The number of hydrogen-bond donors (Lipinski definition) is 3. The Morgan fingerprint density at radius 2 is 1.72 bits per heavy atom. The van der Waals surface area contributed by atoms with Crippen molar-refractivity contribution in [3.63, 3.8) is 0 Å². The Balaban J connectivity index is 1.71. The number of quaternary nitrogens is 1. The van der Waals surface area contributed by atoms with Gasteiger partial charge >= 0.3 is 7.82 Å². The van der Waals surface area contributed by atoms with Crippen LogP contribution in [0.25, 0.3) is 11.2 Å². The van der Waals surface area contributed by atoms with Gasteiger partial charge in [-0.1, -0.05) is 22.8 Å². The summed E-state index contributed by atoms with van der Waals surface area (Å²) in [5, 5.41) is 30.0. The first-order valence-corrected chi connectivity index (χ1v) is 13.2. The highest BCUT2D eigenvalue weighted by molar-refractivity contribution is 7.49. The third kappa shape index (κ3) is 5.09. The smallest absolute Gasteiger partial charge is 0.394 e. The molecule has 0 amide bonds. The summed E-state index contributed by atoms with van der Waals surface area (Å²) in [4.78, 5) is 12.6. The van der Waals surface area contributed by atoms with Crippen LogP contribution in [0.3, 0.4) is 0 Å². The number of para-hydroxylation sites is 1. The molecule has 4 rings (SSSR count). The number of nitrogens with zero attached hydrogens (tertiary/aromatic N) is 5. The average Bonchev–Trinajstić information content (AvgIpc) is 3.44. The summed E-state index contributed by atoms with van der Waals surface area (Å²) >= 11 is 0. The minimum Gasteiger partial charge on any atom is -0.394 e. The number of ether oxygens (including phenoxy) is 1. The summed E-state index contributed by atoms with van der Waals surface area (Å²) < 4.78 is 38.6. The van der Waals surface area contributed by atoms with Crippen LogP contribution in [0.5, 0.6) is 11.6 Å². The van der Waals surface area contributed by atoms with E-state index in [0.717, 1.165) is 0 Å². The first-order chi connectivity index (χ1) is 17.3. The topological polar surface area (TPSA) is 158 Å². The Kier molecular flexibility index (Phi) is 7.90. The van der Waals surface area contributed by atoms with Crippen LogP contribution < -0.4 is 9.05 Å². The first-order valence-electron chi connectivity index (χ1n) is 11.7. The van der Waals surface area contributed by atoms with Crippen molar-refractivity contribution in [3.05, 3.63) is 43.0 Å². The number of benzene rings is 1. The van der Waals surface area contributed by atoms with Gasteiger partial charge < -0.3 is 29.1 Å². The van der Waals surface area contributed by atoms with E-state index in [-0.39, 0.29) is 27.4 Å². The quantitative estimate of drug-likeness (QED) is 0.191. The highest BCUT2D eigenvalue weighted by Gasteiger charge is 2.46. The van der Waals surface area contributed by atoms with Crippen LogP contribution in [0, 0.1) is 0 Å². The summed E-state index contributed by atoms with van der Waals surface area (Å²) in [6, 6.07) is 8.51. The molecule has 13 nitrogen and oxygen atoms in total. The Bertz CT molecular complexity index is 1200. The second-order valence-electron chi connectivity index (χ2n) is 8.26. The molecule has 196 valence electrons. The lowest BCUT2D eigenvalue weighted by molar-refractivity contribution is -1.08. The maximum atomic E-state index is 14.0. The number of aliphatic hydroxyl groups is 3. The molecule has 3 aromatic rings. The second kappa shape index (κ2) is 10.8. The van der Waals surface area contributed by atoms with Crippen molar-refractivity contribution < 1.29 is 42.9 Å². The summed E-state index contributed by atoms with van der Waals surface area (Å²) in [6.07, 6.45) is -2.20. The van der Waals surface area contributed by atoms with Gasteiger partial charge in [0.05, 0.1) is 12.9 Å². The van der Waals surface area contributed by atoms with Crippen LogP contribution >= 0.6 is 7.82 Å². The van der Waals surface area contributed by atoms with Gasteiger partial charge in [-0.15, -0.1) is 0 Å². The molecule has 0 aliphatic carbocycles. The molecule has 36 heavy (non-hydrogen) atoms. The number of phosphoric acid groups is 1. The van der Waals surface area contributed by atoms with Gasteiger partial charge in [0.1, 0.15) is 50.0 Å². The molecule has 1 fully saturated rings. The van der Waals surface area contributed by atoms with Crippen molar-refractivity contribution in [1.82, 2.24) is 19.5 Å². The molecule has 3 heterocycles. The lowest BCUT2D eigenvalue weighted by atomic mass is 10.1. The molecule has 0 spiro atoms. The Morgan fingerprint density at radius 1 is 1.03 bits per heavy atom. The SMILES string of the molecule is CC[N+](CC)(CC)OP(=O)(Oc1ccccc1)Oc1ncnc2c1ncn2[C@@H]1O[C@H](CO)[C@@H](O)[C@H]1O. The zero-order valence-corrected chi connectivity index (χ0v) is 21.1. The highest BCUT2D eigenvalue weighted by atomic mass is 31.2. The van der Waals surface area contributed by atoms with Crippen LogP contribution in [0.15, 0.2) is 43.0 Å². The van der Waals surface area contributed by atoms with E-state index in [9.17, 15) is 19.9 Å². The Morgan fingerprint density at radius 3 is 2.33 bits per heavy atom. The van der Waals surface area contributed by atoms with Crippen molar-refractivity contribution in [2.75, 3.05) is 26.2 Å². The zero-order valence-electron chi connectivity index (χ0n) is 20.2. The van der Waals surface area contributed by atoms with E-state index in [1.165, 1.54) is 17.2 Å². The van der Waals surface area contributed by atoms with Gasteiger partial charge in [0.2, 0.25) is 0 Å². The van der Waals surface area contributed by atoms with E-state index in [4.69, 9.17) is 18.4 Å². The third-order valence-electron chi connectivity index (χ3n) is 6.28. The van der Waals surface area contributed by atoms with Crippen molar-refractivity contribution in [2.24, 2.45) is 0 Å². The fourth-order valence-corrected chi connectivity index (χ4v) is 5.62. The van der Waals surface area contributed by atoms with E-state index >= 15 is 0 Å². The van der Waals surface area contributed by atoms with Crippen LogP contribution in [-0.4, -0.2) is 84.0 Å².